The molecule has 0 aliphatic rings. The lowest BCUT2D eigenvalue weighted by atomic mass is 10.2. The van der Waals surface area contributed by atoms with Gasteiger partial charge in [0.2, 0.25) is 10.0 Å². The molecule has 0 saturated carbocycles. The molecule has 0 radical (unpaired) electrons. The number of rotatable bonds is 5. The minimum absolute atomic E-state index is 0.0246. The van der Waals surface area contributed by atoms with E-state index in [0.717, 1.165) is 0 Å². The van der Waals surface area contributed by atoms with Gasteiger partial charge in [-0.3, -0.25) is 14.8 Å². The highest BCUT2D eigenvalue weighted by molar-refractivity contribution is 7.92. The van der Waals surface area contributed by atoms with Crippen LogP contribution >= 0.6 is 0 Å². The fourth-order valence-electron chi connectivity index (χ4n) is 1.42. The molecule has 1 N–H and O–H groups in total. The number of nitrogens with one attached hydrogen (secondary N) is 1. The summed E-state index contributed by atoms with van der Waals surface area (Å²) in [7, 11) is -3.35. The molecular weight excluding hydrogens is 244 g/mol. The Labute approximate surface area is 99.9 Å². The van der Waals surface area contributed by atoms with E-state index in [1.807, 2.05) is 0 Å². The third-order valence-electron chi connectivity index (χ3n) is 2.14. The number of benzene rings is 1. The summed E-state index contributed by atoms with van der Waals surface area (Å²) in [5, 5.41) is 10.6. The standard InChI is InChI=1S/C10H14N2O4S/c1-3-6-17(15,16)11-9-4-5-10(12(13)14)8(2)7-9/h4-5,7,11H,3,6H2,1-2H3. The quantitative estimate of drug-likeness (QED) is 0.646. The summed E-state index contributed by atoms with van der Waals surface area (Å²) in [5.74, 6) is 0.0308. The van der Waals surface area contributed by atoms with Crippen molar-refractivity contribution in [1.29, 1.82) is 0 Å². The van der Waals surface area contributed by atoms with E-state index in [-0.39, 0.29) is 11.4 Å². The van der Waals surface area contributed by atoms with Crippen molar-refractivity contribution in [2.75, 3.05) is 10.5 Å². The lowest BCUT2D eigenvalue weighted by Gasteiger charge is -2.07. The van der Waals surface area contributed by atoms with Crippen LogP contribution in [0.1, 0.15) is 18.9 Å². The molecule has 0 saturated heterocycles. The first-order chi connectivity index (χ1) is 7.85. The van der Waals surface area contributed by atoms with Gasteiger partial charge in [0.05, 0.1) is 10.7 Å². The van der Waals surface area contributed by atoms with Gasteiger partial charge in [-0.15, -0.1) is 0 Å². The number of hydrogen-bond acceptors (Lipinski definition) is 4. The molecule has 7 heteroatoms. The maximum atomic E-state index is 11.5. The zero-order valence-electron chi connectivity index (χ0n) is 9.63. The highest BCUT2D eigenvalue weighted by Crippen LogP contribution is 2.22. The largest absolute Gasteiger partial charge is 0.284 e. The predicted molar refractivity (Wildman–Crippen MR) is 65.5 cm³/mol. The van der Waals surface area contributed by atoms with E-state index >= 15 is 0 Å². The number of nitro benzene ring substituents is 1. The zero-order valence-corrected chi connectivity index (χ0v) is 10.5. The van der Waals surface area contributed by atoms with Crippen molar-refractivity contribution in [3.8, 4) is 0 Å². The van der Waals surface area contributed by atoms with E-state index in [2.05, 4.69) is 4.72 Å². The van der Waals surface area contributed by atoms with E-state index in [0.29, 0.717) is 17.7 Å². The van der Waals surface area contributed by atoms with Crippen LogP contribution in [0.25, 0.3) is 0 Å². The Morgan fingerprint density at radius 3 is 2.53 bits per heavy atom. The maximum absolute atomic E-state index is 11.5. The van der Waals surface area contributed by atoms with Crippen molar-refractivity contribution in [2.45, 2.75) is 20.3 Å². The molecule has 6 nitrogen and oxygen atoms in total. The number of sulfonamides is 1. The van der Waals surface area contributed by atoms with E-state index in [1.165, 1.54) is 18.2 Å². The van der Waals surface area contributed by atoms with Crippen LogP contribution in [0, 0.1) is 17.0 Å². The summed E-state index contributed by atoms with van der Waals surface area (Å²) < 4.78 is 25.3. The smallest absolute Gasteiger partial charge is 0.272 e. The Hall–Kier alpha value is -1.63. The van der Waals surface area contributed by atoms with Crippen LogP contribution < -0.4 is 4.72 Å². The molecule has 0 aliphatic carbocycles. The predicted octanol–water partition coefficient (Wildman–Crippen LogP) is 2.05. The number of anilines is 1. The van der Waals surface area contributed by atoms with E-state index in [9.17, 15) is 18.5 Å². The third kappa shape index (κ3) is 3.70. The molecule has 17 heavy (non-hydrogen) atoms. The van der Waals surface area contributed by atoms with Gasteiger partial charge in [-0.25, -0.2) is 8.42 Å². The minimum Gasteiger partial charge on any atom is -0.284 e. The number of nitrogens with zero attached hydrogens (tertiary/aromatic N) is 1. The van der Waals surface area contributed by atoms with Gasteiger partial charge in [0, 0.05) is 17.3 Å². The summed E-state index contributed by atoms with van der Waals surface area (Å²) in [6.45, 7) is 3.33. The molecule has 0 amide bonds. The Morgan fingerprint density at radius 2 is 2.06 bits per heavy atom. The monoisotopic (exact) mass is 258 g/mol. The van der Waals surface area contributed by atoms with Crippen molar-refractivity contribution < 1.29 is 13.3 Å². The number of nitro groups is 1. The van der Waals surface area contributed by atoms with Gasteiger partial charge in [0.1, 0.15) is 0 Å². The van der Waals surface area contributed by atoms with Gasteiger partial charge in [-0.2, -0.15) is 0 Å². The molecule has 0 spiro atoms. The highest BCUT2D eigenvalue weighted by atomic mass is 32.2. The average Bonchev–Trinajstić information content (AvgIpc) is 2.15. The molecule has 0 atom stereocenters. The van der Waals surface area contributed by atoms with Gasteiger partial charge >= 0.3 is 0 Å². The molecule has 1 rings (SSSR count). The van der Waals surface area contributed by atoms with Crippen molar-refractivity contribution in [2.24, 2.45) is 0 Å². The topological polar surface area (TPSA) is 89.3 Å². The fraction of sp³-hybridized carbons (Fsp3) is 0.400. The van der Waals surface area contributed by atoms with Crippen LogP contribution in [0.4, 0.5) is 11.4 Å². The number of aryl methyl sites for hydroxylation is 1. The lowest BCUT2D eigenvalue weighted by molar-refractivity contribution is -0.385. The molecule has 0 fully saturated rings. The van der Waals surface area contributed by atoms with Crippen molar-refractivity contribution in [1.82, 2.24) is 0 Å². The van der Waals surface area contributed by atoms with Crippen LogP contribution in [0.5, 0.6) is 0 Å². The first-order valence-corrected chi connectivity index (χ1v) is 6.76. The normalized spacial score (nSPS) is 11.2. The van der Waals surface area contributed by atoms with Crippen LogP contribution in [-0.4, -0.2) is 19.1 Å². The Morgan fingerprint density at radius 1 is 1.41 bits per heavy atom. The summed E-state index contributed by atoms with van der Waals surface area (Å²) >= 11 is 0. The molecule has 0 aromatic heterocycles. The average molecular weight is 258 g/mol. The number of hydrogen-bond donors (Lipinski definition) is 1. The Balaban J connectivity index is 2.96. The van der Waals surface area contributed by atoms with Crippen molar-refractivity contribution in [3.63, 3.8) is 0 Å². The molecule has 0 aliphatic heterocycles. The van der Waals surface area contributed by atoms with Crippen molar-refractivity contribution in [3.05, 3.63) is 33.9 Å². The second-order valence-electron chi connectivity index (χ2n) is 3.68. The van der Waals surface area contributed by atoms with Crippen LogP contribution in [-0.2, 0) is 10.0 Å². The van der Waals surface area contributed by atoms with Gasteiger partial charge in [0.25, 0.3) is 5.69 Å². The first kappa shape index (κ1) is 13.4. The van der Waals surface area contributed by atoms with E-state index in [1.54, 1.807) is 13.8 Å². The molecule has 0 unspecified atom stereocenters. The summed E-state index contributed by atoms with van der Waals surface area (Å²) in [6, 6.07) is 4.13. The Bertz CT molecular complexity index is 525. The zero-order chi connectivity index (χ0) is 13.1. The lowest BCUT2D eigenvalue weighted by Crippen LogP contribution is -2.16. The van der Waals surface area contributed by atoms with Gasteiger partial charge in [-0.1, -0.05) is 6.92 Å². The van der Waals surface area contributed by atoms with Crippen LogP contribution in [0.3, 0.4) is 0 Å². The van der Waals surface area contributed by atoms with Gasteiger partial charge in [-0.05, 0) is 25.5 Å². The SMILES string of the molecule is CCCS(=O)(=O)Nc1ccc([N+](=O)[O-])c(C)c1. The molecule has 1 aromatic rings. The summed E-state index contributed by atoms with van der Waals surface area (Å²) in [5.41, 5.74) is 0.747. The molecule has 0 heterocycles. The van der Waals surface area contributed by atoms with Gasteiger partial charge in [0.15, 0.2) is 0 Å². The third-order valence-corrected chi connectivity index (χ3v) is 3.63. The first-order valence-electron chi connectivity index (χ1n) is 5.11. The Kier molecular flexibility index (Phi) is 4.06. The summed E-state index contributed by atoms with van der Waals surface area (Å²) in [4.78, 5) is 10.1. The molecular formula is C10H14N2O4S. The van der Waals surface area contributed by atoms with Gasteiger partial charge < -0.3 is 0 Å². The minimum atomic E-state index is -3.35. The molecule has 0 bridgehead atoms. The molecule has 94 valence electrons. The molecule has 1 aromatic carbocycles. The second-order valence-corrected chi connectivity index (χ2v) is 5.52. The van der Waals surface area contributed by atoms with Crippen molar-refractivity contribution >= 4 is 21.4 Å². The summed E-state index contributed by atoms with van der Waals surface area (Å²) in [6.07, 6.45) is 0.515. The van der Waals surface area contributed by atoms with E-state index < -0.39 is 14.9 Å². The van der Waals surface area contributed by atoms with Crippen LogP contribution in [0.2, 0.25) is 0 Å². The highest BCUT2D eigenvalue weighted by Gasteiger charge is 2.13. The maximum Gasteiger partial charge on any atom is 0.272 e. The second kappa shape index (κ2) is 5.13. The van der Waals surface area contributed by atoms with Crippen LogP contribution in [0.15, 0.2) is 18.2 Å². The fourth-order valence-corrected chi connectivity index (χ4v) is 2.55. The van der Waals surface area contributed by atoms with E-state index in [4.69, 9.17) is 0 Å².